The van der Waals surface area contributed by atoms with Crippen molar-refractivity contribution >= 4 is 83.1 Å². The standard InChI is InChI=1S/C26H22N4O4.2ClH/c31-25(32)7-1-15-9-21-12-19-5-3-17(27-19)11-18-4-6-20(28-18)13-22-10-16(2-8-26(33)34)24(30-22)14-23(15)29-21;;/h3-6,9-14,29-30H,1-2,7-8H2,(H,31,32)(H,33,34);2*1H. The average molecular weight is 527 g/mol. The van der Waals surface area contributed by atoms with Crippen molar-refractivity contribution in [2.75, 3.05) is 0 Å². The van der Waals surface area contributed by atoms with Gasteiger partial charge in [0, 0.05) is 34.9 Å². The third kappa shape index (κ3) is 6.21. The van der Waals surface area contributed by atoms with Crippen molar-refractivity contribution in [3.63, 3.8) is 0 Å². The van der Waals surface area contributed by atoms with E-state index >= 15 is 0 Å². The molecule has 8 bridgehead atoms. The number of halogens is 2. The summed E-state index contributed by atoms with van der Waals surface area (Å²) in [5.74, 6) is -1.73. The molecular weight excluding hydrogens is 503 g/mol. The van der Waals surface area contributed by atoms with Crippen molar-refractivity contribution in [2.24, 2.45) is 0 Å². The van der Waals surface area contributed by atoms with Crippen LogP contribution in [-0.4, -0.2) is 42.1 Å². The minimum absolute atomic E-state index is 0. The van der Waals surface area contributed by atoms with Gasteiger partial charge in [-0.05, 0) is 84.7 Å². The molecule has 0 atom stereocenters. The molecule has 0 radical (unpaired) electrons. The number of aliphatic carboxylic acids is 2. The van der Waals surface area contributed by atoms with Gasteiger partial charge in [0.05, 0.1) is 22.8 Å². The van der Waals surface area contributed by atoms with E-state index in [0.29, 0.717) is 12.8 Å². The monoisotopic (exact) mass is 526 g/mol. The fraction of sp³-hybridized carbons (Fsp3) is 0.154. The Morgan fingerprint density at radius 2 is 1.00 bits per heavy atom. The highest BCUT2D eigenvalue weighted by Crippen LogP contribution is 2.22. The molecular formula is C26H24Cl2N4O4. The lowest BCUT2D eigenvalue weighted by atomic mass is 10.1. The van der Waals surface area contributed by atoms with Crippen LogP contribution in [0.5, 0.6) is 0 Å². The molecule has 8 nitrogen and oxygen atoms in total. The first-order valence-corrected chi connectivity index (χ1v) is 10.9. The van der Waals surface area contributed by atoms with Gasteiger partial charge in [0.25, 0.3) is 0 Å². The number of carbonyl (C=O) groups is 2. The third-order valence-corrected chi connectivity index (χ3v) is 5.68. The molecule has 0 fully saturated rings. The first kappa shape index (κ1) is 26.7. The van der Waals surface area contributed by atoms with Gasteiger partial charge < -0.3 is 20.2 Å². The molecule has 3 aromatic rings. The maximum Gasteiger partial charge on any atom is 0.303 e. The molecule has 5 heterocycles. The molecule has 0 saturated carbocycles. The van der Waals surface area contributed by atoms with Gasteiger partial charge in [-0.2, -0.15) is 0 Å². The van der Waals surface area contributed by atoms with Gasteiger partial charge in [-0.25, -0.2) is 9.97 Å². The van der Waals surface area contributed by atoms with Crippen LogP contribution >= 0.6 is 24.8 Å². The van der Waals surface area contributed by atoms with E-state index in [0.717, 1.165) is 56.0 Å². The van der Waals surface area contributed by atoms with E-state index < -0.39 is 11.9 Å². The van der Waals surface area contributed by atoms with Gasteiger partial charge in [-0.3, -0.25) is 9.59 Å². The second-order valence-electron chi connectivity index (χ2n) is 8.28. The van der Waals surface area contributed by atoms with Gasteiger partial charge in [-0.15, -0.1) is 24.8 Å². The predicted octanol–water partition coefficient (Wildman–Crippen LogP) is 5.53. The zero-order chi connectivity index (χ0) is 23.7. The molecule has 0 saturated heterocycles. The minimum Gasteiger partial charge on any atom is -0.481 e. The van der Waals surface area contributed by atoms with Crippen LogP contribution < -0.4 is 0 Å². The molecule has 36 heavy (non-hydrogen) atoms. The van der Waals surface area contributed by atoms with Gasteiger partial charge in [-0.1, -0.05) is 0 Å². The first-order chi connectivity index (χ1) is 16.4. The number of rotatable bonds is 6. The van der Waals surface area contributed by atoms with Crippen molar-refractivity contribution in [3.05, 3.63) is 70.3 Å². The number of carboxylic acids is 2. The molecule has 2 aliphatic rings. The van der Waals surface area contributed by atoms with Gasteiger partial charge in [0.1, 0.15) is 0 Å². The lowest BCUT2D eigenvalue weighted by Crippen LogP contribution is -1.97. The van der Waals surface area contributed by atoms with Gasteiger partial charge in [0.15, 0.2) is 0 Å². The number of aryl methyl sites for hydroxylation is 2. The Morgan fingerprint density at radius 1 is 0.611 bits per heavy atom. The number of hydrogen-bond donors (Lipinski definition) is 4. The molecule has 4 N–H and O–H groups in total. The van der Waals surface area contributed by atoms with E-state index in [-0.39, 0.29) is 37.7 Å². The summed E-state index contributed by atoms with van der Waals surface area (Å²) in [7, 11) is 0. The maximum absolute atomic E-state index is 11.2. The Morgan fingerprint density at radius 3 is 1.39 bits per heavy atom. The maximum atomic E-state index is 11.2. The molecule has 186 valence electrons. The number of carboxylic acid groups (broad SMARTS) is 2. The van der Waals surface area contributed by atoms with Crippen LogP contribution in [0.15, 0.2) is 36.4 Å². The Hall–Kier alpha value is -3.88. The highest BCUT2D eigenvalue weighted by Gasteiger charge is 2.09. The second-order valence-corrected chi connectivity index (χ2v) is 8.28. The van der Waals surface area contributed by atoms with Crippen LogP contribution in [0.2, 0.25) is 0 Å². The molecule has 0 amide bonds. The number of fused-ring (bicyclic) bond motifs is 8. The quantitative estimate of drug-likeness (QED) is 0.230. The van der Waals surface area contributed by atoms with Gasteiger partial charge >= 0.3 is 11.9 Å². The fourth-order valence-corrected chi connectivity index (χ4v) is 4.11. The third-order valence-electron chi connectivity index (χ3n) is 5.68. The van der Waals surface area contributed by atoms with Crippen molar-refractivity contribution in [2.45, 2.75) is 25.7 Å². The zero-order valence-corrected chi connectivity index (χ0v) is 20.7. The molecule has 10 heteroatoms. The smallest absolute Gasteiger partial charge is 0.303 e. The molecule has 0 aliphatic carbocycles. The number of H-pyrrole nitrogens is 2. The van der Waals surface area contributed by atoms with Crippen molar-refractivity contribution in [3.8, 4) is 0 Å². The Bertz CT molecular complexity index is 1430. The molecule has 5 rings (SSSR count). The number of aromatic amines is 2. The Balaban J connectivity index is 0.00000180. The van der Waals surface area contributed by atoms with E-state index in [1.54, 1.807) is 0 Å². The van der Waals surface area contributed by atoms with Crippen molar-refractivity contribution in [1.82, 2.24) is 19.9 Å². The summed E-state index contributed by atoms with van der Waals surface area (Å²) in [6.07, 6.45) is 8.43. The summed E-state index contributed by atoms with van der Waals surface area (Å²) in [5.41, 5.74) is 8.04. The normalized spacial score (nSPS) is 11.6. The van der Waals surface area contributed by atoms with Crippen LogP contribution in [0.4, 0.5) is 0 Å². The number of nitrogens with zero attached hydrogens (tertiary/aromatic N) is 2. The van der Waals surface area contributed by atoms with E-state index in [9.17, 15) is 19.8 Å². The van der Waals surface area contributed by atoms with Crippen molar-refractivity contribution < 1.29 is 19.8 Å². The number of aromatic nitrogens is 4. The largest absolute Gasteiger partial charge is 0.481 e. The van der Waals surface area contributed by atoms with E-state index in [2.05, 4.69) is 19.9 Å². The topological polar surface area (TPSA) is 132 Å². The average Bonchev–Trinajstić information content (AvgIpc) is 3.55. The Kier molecular flexibility index (Phi) is 8.34. The summed E-state index contributed by atoms with van der Waals surface area (Å²) < 4.78 is 0. The van der Waals surface area contributed by atoms with E-state index in [1.807, 2.05) is 60.7 Å². The highest BCUT2D eigenvalue weighted by molar-refractivity contribution is 5.85. The summed E-state index contributed by atoms with van der Waals surface area (Å²) in [5, 5.41) is 18.4. The van der Waals surface area contributed by atoms with E-state index in [1.165, 1.54) is 0 Å². The molecule has 0 unspecified atom stereocenters. The fourth-order valence-electron chi connectivity index (χ4n) is 4.11. The number of hydrogen-bond acceptors (Lipinski definition) is 4. The van der Waals surface area contributed by atoms with Crippen molar-refractivity contribution in [1.29, 1.82) is 0 Å². The predicted molar refractivity (Wildman–Crippen MR) is 145 cm³/mol. The van der Waals surface area contributed by atoms with Crippen LogP contribution in [0, 0.1) is 0 Å². The van der Waals surface area contributed by atoms with Gasteiger partial charge in [0.2, 0.25) is 0 Å². The SMILES string of the molecule is Cl.Cl.O=C(O)CCc1cc2cc3nc(cc4nc(cc5cc(CCC(=O)O)c(cc1[nH]2)[nH]5)C=C4)C=C3. The highest BCUT2D eigenvalue weighted by atomic mass is 35.5. The van der Waals surface area contributed by atoms with E-state index in [4.69, 9.17) is 0 Å². The molecule has 0 spiro atoms. The van der Waals surface area contributed by atoms with Crippen LogP contribution in [0.25, 0.3) is 46.4 Å². The summed E-state index contributed by atoms with van der Waals surface area (Å²) in [6, 6.07) is 11.5. The zero-order valence-electron chi connectivity index (χ0n) is 19.0. The summed E-state index contributed by atoms with van der Waals surface area (Å²) in [4.78, 5) is 38.4. The van der Waals surface area contributed by atoms with Crippen LogP contribution in [-0.2, 0) is 22.4 Å². The second kappa shape index (κ2) is 11.2. The lowest BCUT2D eigenvalue weighted by molar-refractivity contribution is -0.138. The lowest BCUT2D eigenvalue weighted by Gasteiger charge is -1.97. The summed E-state index contributed by atoms with van der Waals surface area (Å²) in [6.45, 7) is 0. The number of nitrogens with one attached hydrogen (secondary N) is 2. The van der Waals surface area contributed by atoms with Crippen LogP contribution in [0.3, 0.4) is 0 Å². The van der Waals surface area contributed by atoms with Crippen LogP contribution in [0.1, 0.15) is 46.7 Å². The Labute approximate surface area is 218 Å². The minimum atomic E-state index is -0.866. The molecule has 3 aromatic heterocycles. The first-order valence-electron chi connectivity index (χ1n) is 10.9. The molecule has 2 aliphatic heterocycles. The summed E-state index contributed by atoms with van der Waals surface area (Å²) >= 11 is 0. The molecule has 0 aromatic carbocycles.